The monoisotopic (exact) mass is 519 g/mol. The fourth-order valence-electron chi connectivity index (χ4n) is 8.22. The summed E-state index contributed by atoms with van der Waals surface area (Å²) in [4.78, 5) is 18.9. The smallest absolute Gasteiger partial charge is 0.164 e. The summed E-state index contributed by atoms with van der Waals surface area (Å²) in [6.45, 7) is 0. The lowest BCUT2D eigenvalue weighted by Gasteiger charge is -2.57. The van der Waals surface area contributed by atoms with Gasteiger partial charge >= 0.3 is 0 Å². The van der Waals surface area contributed by atoms with Crippen LogP contribution in [-0.4, -0.2) is 19.9 Å². The Bertz CT molecular complexity index is 1750. The van der Waals surface area contributed by atoms with Crippen LogP contribution in [0.3, 0.4) is 0 Å². The molecule has 0 atom stereocenters. The largest absolute Gasteiger partial charge is 0.265 e. The van der Waals surface area contributed by atoms with Crippen molar-refractivity contribution >= 4 is 10.8 Å². The highest BCUT2D eigenvalue weighted by Crippen LogP contribution is 2.60. The van der Waals surface area contributed by atoms with Crippen LogP contribution < -0.4 is 0 Å². The van der Waals surface area contributed by atoms with Crippen LogP contribution in [0.15, 0.2) is 85.2 Å². The molecule has 194 valence electrons. The Kier molecular flexibility index (Phi) is 5.31. The number of benzene rings is 3. The molecule has 4 aliphatic carbocycles. The molecule has 9 rings (SSSR count). The molecule has 5 heteroatoms. The van der Waals surface area contributed by atoms with Gasteiger partial charge in [-0.2, -0.15) is 5.26 Å². The van der Waals surface area contributed by atoms with Crippen LogP contribution in [0.1, 0.15) is 49.7 Å². The molecular weight excluding hydrogens is 490 g/mol. The van der Waals surface area contributed by atoms with Crippen molar-refractivity contribution in [2.45, 2.75) is 43.9 Å². The Labute approximate surface area is 234 Å². The van der Waals surface area contributed by atoms with Gasteiger partial charge in [0.15, 0.2) is 17.5 Å². The van der Waals surface area contributed by atoms with E-state index in [-0.39, 0.29) is 0 Å². The van der Waals surface area contributed by atoms with Crippen LogP contribution in [0.2, 0.25) is 0 Å². The summed E-state index contributed by atoms with van der Waals surface area (Å²) in [5.41, 5.74) is 5.33. The third-order valence-corrected chi connectivity index (χ3v) is 9.63. The molecule has 3 aromatic carbocycles. The fraction of sp³-hybridized carbons (Fsp3) is 0.286. The lowest BCUT2D eigenvalue weighted by Crippen LogP contribution is -2.48. The van der Waals surface area contributed by atoms with Crippen LogP contribution in [0.4, 0.5) is 0 Å². The summed E-state index contributed by atoms with van der Waals surface area (Å²) in [5, 5.41) is 11.4. The van der Waals surface area contributed by atoms with Crippen molar-refractivity contribution in [3.8, 4) is 40.2 Å². The van der Waals surface area contributed by atoms with E-state index in [1.807, 2.05) is 42.5 Å². The van der Waals surface area contributed by atoms with E-state index >= 15 is 0 Å². The Morgan fingerprint density at radius 1 is 0.650 bits per heavy atom. The van der Waals surface area contributed by atoms with Gasteiger partial charge in [-0.25, -0.2) is 15.0 Å². The molecule has 0 amide bonds. The standard InChI is InChI=1S/C35H29N5/c36-21-29-3-1-2-27-17-28(6-9-31(27)29)34-39-32(38-33(40-34)26-10-12-37-13-11-26)25-4-7-30(8-5-25)35-18-22-14-23(19-35)16-24(15-22)20-35/h1-13,17,22-24H,14-16,18-20H2/t22-,23-,24-,35?. The molecule has 0 unspecified atom stereocenters. The van der Waals surface area contributed by atoms with Crippen LogP contribution in [0.25, 0.3) is 44.9 Å². The quantitative estimate of drug-likeness (QED) is 0.243. The van der Waals surface area contributed by atoms with E-state index in [1.165, 1.54) is 44.1 Å². The molecule has 4 bridgehead atoms. The van der Waals surface area contributed by atoms with E-state index in [1.54, 1.807) is 12.4 Å². The highest BCUT2D eigenvalue weighted by atomic mass is 15.0. The number of hydrogen-bond donors (Lipinski definition) is 0. The fourth-order valence-corrected chi connectivity index (χ4v) is 8.22. The van der Waals surface area contributed by atoms with Crippen molar-refractivity contribution in [2.75, 3.05) is 0 Å². The van der Waals surface area contributed by atoms with E-state index in [0.717, 1.165) is 45.2 Å². The molecule has 4 saturated carbocycles. The summed E-state index contributed by atoms with van der Waals surface area (Å²) in [6.07, 6.45) is 12.0. The van der Waals surface area contributed by atoms with E-state index in [0.29, 0.717) is 28.5 Å². The lowest BCUT2D eigenvalue weighted by atomic mass is 9.48. The van der Waals surface area contributed by atoms with Crippen molar-refractivity contribution in [2.24, 2.45) is 17.8 Å². The first-order chi connectivity index (χ1) is 19.7. The topological polar surface area (TPSA) is 75.3 Å². The molecule has 5 aromatic rings. The van der Waals surface area contributed by atoms with Crippen LogP contribution in [-0.2, 0) is 5.41 Å². The van der Waals surface area contributed by atoms with Gasteiger partial charge in [0.2, 0.25) is 0 Å². The summed E-state index contributed by atoms with van der Waals surface area (Å²) in [7, 11) is 0. The van der Waals surface area contributed by atoms with E-state index in [4.69, 9.17) is 15.0 Å². The van der Waals surface area contributed by atoms with Gasteiger partial charge in [-0.15, -0.1) is 0 Å². The Hall–Kier alpha value is -4.43. The molecule has 0 N–H and O–H groups in total. The maximum atomic E-state index is 9.52. The second-order valence-electron chi connectivity index (χ2n) is 12.2. The number of hydrogen-bond acceptors (Lipinski definition) is 5. The lowest BCUT2D eigenvalue weighted by molar-refractivity contribution is -0.00518. The van der Waals surface area contributed by atoms with Gasteiger partial charge in [0.25, 0.3) is 0 Å². The maximum Gasteiger partial charge on any atom is 0.164 e. The van der Waals surface area contributed by atoms with E-state index in [2.05, 4.69) is 41.4 Å². The van der Waals surface area contributed by atoms with Gasteiger partial charge in [0, 0.05) is 29.1 Å². The molecule has 4 fully saturated rings. The number of pyridine rings is 1. The Morgan fingerprint density at radius 2 is 1.23 bits per heavy atom. The summed E-state index contributed by atoms with van der Waals surface area (Å²) < 4.78 is 0. The number of fused-ring (bicyclic) bond motifs is 1. The highest BCUT2D eigenvalue weighted by Gasteiger charge is 2.51. The van der Waals surface area contributed by atoms with Gasteiger partial charge in [0.1, 0.15) is 0 Å². The van der Waals surface area contributed by atoms with Gasteiger partial charge < -0.3 is 0 Å². The Morgan fingerprint density at radius 3 is 1.85 bits per heavy atom. The van der Waals surface area contributed by atoms with E-state index < -0.39 is 0 Å². The molecular formula is C35H29N5. The van der Waals surface area contributed by atoms with Gasteiger partial charge in [-0.1, -0.05) is 48.5 Å². The highest BCUT2D eigenvalue weighted by molar-refractivity contribution is 5.91. The van der Waals surface area contributed by atoms with Gasteiger partial charge in [0.05, 0.1) is 11.6 Å². The molecule has 5 nitrogen and oxygen atoms in total. The second kappa shape index (κ2) is 9.06. The van der Waals surface area contributed by atoms with Gasteiger partial charge in [-0.3, -0.25) is 4.98 Å². The first kappa shape index (κ1) is 23.5. The average molecular weight is 520 g/mol. The van der Waals surface area contributed by atoms with Crippen molar-refractivity contribution < 1.29 is 0 Å². The van der Waals surface area contributed by atoms with Crippen molar-refractivity contribution in [3.63, 3.8) is 0 Å². The Balaban J connectivity index is 1.21. The molecule has 0 radical (unpaired) electrons. The first-order valence-corrected chi connectivity index (χ1v) is 14.4. The minimum Gasteiger partial charge on any atom is -0.265 e. The van der Waals surface area contributed by atoms with Crippen molar-refractivity contribution in [1.29, 1.82) is 5.26 Å². The summed E-state index contributed by atoms with van der Waals surface area (Å²) >= 11 is 0. The second-order valence-corrected chi connectivity index (χ2v) is 12.2. The zero-order valence-corrected chi connectivity index (χ0v) is 22.3. The minimum absolute atomic E-state index is 0.368. The zero-order chi connectivity index (χ0) is 26.7. The molecule has 4 aliphatic rings. The van der Waals surface area contributed by atoms with Crippen LogP contribution in [0.5, 0.6) is 0 Å². The zero-order valence-electron chi connectivity index (χ0n) is 22.3. The van der Waals surface area contributed by atoms with Crippen LogP contribution >= 0.6 is 0 Å². The third kappa shape index (κ3) is 3.90. The number of nitrogens with zero attached hydrogens (tertiary/aromatic N) is 5. The maximum absolute atomic E-state index is 9.52. The molecule has 0 saturated heterocycles. The minimum atomic E-state index is 0.368. The number of nitriles is 1. The van der Waals surface area contributed by atoms with E-state index in [9.17, 15) is 5.26 Å². The summed E-state index contributed by atoms with van der Waals surface area (Å²) in [5.74, 6) is 4.67. The first-order valence-electron chi connectivity index (χ1n) is 14.4. The molecule has 0 aliphatic heterocycles. The number of rotatable bonds is 4. The molecule has 2 aromatic heterocycles. The van der Waals surface area contributed by atoms with Crippen molar-refractivity contribution in [1.82, 2.24) is 19.9 Å². The normalized spacial score (nSPS) is 24.7. The molecule has 40 heavy (non-hydrogen) atoms. The molecule has 2 heterocycles. The average Bonchev–Trinajstić information content (AvgIpc) is 3.00. The third-order valence-electron chi connectivity index (χ3n) is 9.63. The predicted molar refractivity (Wildman–Crippen MR) is 156 cm³/mol. The van der Waals surface area contributed by atoms with Crippen LogP contribution in [0, 0.1) is 29.1 Å². The molecule has 0 spiro atoms. The predicted octanol–water partition coefficient (Wildman–Crippen LogP) is 7.76. The number of aromatic nitrogens is 4. The summed E-state index contributed by atoms with van der Waals surface area (Å²) in [6, 6.07) is 27.1. The van der Waals surface area contributed by atoms with Crippen molar-refractivity contribution in [3.05, 3.63) is 96.3 Å². The SMILES string of the molecule is N#Cc1cccc2cc(-c3nc(-c4ccncc4)nc(-c4ccc(C56C[C@H]7C[C@H](C5)C[C@@H](C6)C7)cc4)n3)ccc12. The van der Waals surface area contributed by atoms with Gasteiger partial charge in [-0.05, 0) is 102 Å².